The topological polar surface area (TPSA) is 60.6 Å². The molecule has 3 rings (SSSR count). The third-order valence-electron chi connectivity index (χ3n) is 3.17. The standard InChI is InChI=1S/C12H18N6/c1-2-11(1)7-14-8-12-9-18(16-15-12)6-5-17-4-3-13-10-17/h3-4,9-11,14H,1-2,5-8H2. The maximum Gasteiger partial charge on any atom is 0.0964 e. The largest absolute Gasteiger partial charge is 0.336 e. The van der Waals surface area contributed by atoms with Crippen LogP contribution in [-0.2, 0) is 19.6 Å². The molecule has 1 fully saturated rings. The van der Waals surface area contributed by atoms with Crippen molar-refractivity contribution in [3.63, 3.8) is 0 Å². The highest BCUT2D eigenvalue weighted by Gasteiger charge is 2.20. The van der Waals surface area contributed by atoms with Crippen molar-refractivity contribution >= 4 is 0 Å². The van der Waals surface area contributed by atoms with Gasteiger partial charge in [0.25, 0.3) is 0 Å². The van der Waals surface area contributed by atoms with Crippen molar-refractivity contribution < 1.29 is 0 Å². The molecule has 1 saturated carbocycles. The van der Waals surface area contributed by atoms with E-state index in [0.29, 0.717) is 0 Å². The Labute approximate surface area is 106 Å². The second-order valence-electron chi connectivity index (χ2n) is 4.85. The van der Waals surface area contributed by atoms with Crippen LogP contribution in [0.3, 0.4) is 0 Å². The minimum Gasteiger partial charge on any atom is -0.336 e. The van der Waals surface area contributed by atoms with Crippen LogP contribution < -0.4 is 5.32 Å². The molecule has 0 aliphatic heterocycles. The van der Waals surface area contributed by atoms with E-state index in [4.69, 9.17) is 0 Å². The summed E-state index contributed by atoms with van der Waals surface area (Å²) in [5.41, 5.74) is 1.02. The molecule has 0 atom stereocenters. The van der Waals surface area contributed by atoms with Gasteiger partial charge in [-0.3, -0.25) is 4.68 Å². The first-order chi connectivity index (χ1) is 8.90. The van der Waals surface area contributed by atoms with E-state index in [1.165, 1.54) is 12.8 Å². The molecular weight excluding hydrogens is 228 g/mol. The minimum absolute atomic E-state index is 0.821. The second-order valence-corrected chi connectivity index (χ2v) is 4.85. The number of nitrogens with zero attached hydrogens (tertiary/aromatic N) is 5. The van der Waals surface area contributed by atoms with Crippen LogP contribution in [0.1, 0.15) is 18.5 Å². The van der Waals surface area contributed by atoms with Crippen LogP contribution in [-0.4, -0.2) is 31.1 Å². The predicted octanol–water partition coefficient (Wildman–Crippen LogP) is 0.674. The van der Waals surface area contributed by atoms with Crippen LogP contribution >= 0.6 is 0 Å². The maximum absolute atomic E-state index is 4.16. The van der Waals surface area contributed by atoms with Gasteiger partial charge in [-0.2, -0.15) is 0 Å². The fraction of sp³-hybridized carbons (Fsp3) is 0.583. The number of imidazole rings is 1. The zero-order valence-electron chi connectivity index (χ0n) is 10.4. The first-order valence-electron chi connectivity index (χ1n) is 6.45. The Hall–Kier alpha value is -1.69. The van der Waals surface area contributed by atoms with Gasteiger partial charge < -0.3 is 9.88 Å². The average Bonchev–Trinajstić information content (AvgIpc) is 2.90. The quantitative estimate of drug-likeness (QED) is 0.780. The van der Waals surface area contributed by atoms with Gasteiger partial charge in [-0.1, -0.05) is 5.21 Å². The van der Waals surface area contributed by atoms with E-state index in [9.17, 15) is 0 Å². The van der Waals surface area contributed by atoms with Crippen LogP contribution in [0, 0.1) is 5.92 Å². The van der Waals surface area contributed by atoms with E-state index in [1.807, 2.05) is 28.0 Å². The van der Waals surface area contributed by atoms with Crippen molar-refractivity contribution in [2.75, 3.05) is 6.54 Å². The summed E-state index contributed by atoms with van der Waals surface area (Å²) >= 11 is 0. The summed E-state index contributed by atoms with van der Waals surface area (Å²) in [6.07, 6.45) is 10.3. The summed E-state index contributed by atoms with van der Waals surface area (Å²) in [4.78, 5) is 4.01. The molecule has 1 aliphatic carbocycles. The molecule has 0 aromatic carbocycles. The molecule has 96 valence electrons. The zero-order chi connectivity index (χ0) is 12.2. The Balaban J connectivity index is 1.43. The van der Waals surface area contributed by atoms with Crippen LogP contribution in [0.15, 0.2) is 24.9 Å². The van der Waals surface area contributed by atoms with Gasteiger partial charge in [0.05, 0.1) is 18.6 Å². The first-order valence-corrected chi connectivity index (χ1v) is 6.45. The van der Waals surface area contributed by atoms with E-state index in [0.717, 1.165) is 37.8 Å². The molecule has 18 heavy (non-hydrogen) atoms. The molecule has 6 nitrogen and oxygen atoms in total. The van der Waals surface area contributed by atoms with Crippen LogP contribution in [0.25, 0.3) is 0 Å². The Morgan fingerprint density at radius 3 is 3.06 bits per heavy atom. The highest BCUT2D eigenvalue weighted by atomic mass is 15.4. The van der Waals surface area contributed by atoms with Crippen molar-refractivity contribution in [2.24, 2.45) is 5.92 Å². The van der Waals surface area contributed by atoms with Gasteiger partial charge >= 0.3 is 0 Å². The maximum atomic E-state index is 4.16. The Morgan fingerprint density at radius 2 is 2.28 bits per heavy atom. The average molecular weight is 246 g/mol. The summed E-state index contributed by atoms with van der Waals surface area (Å²) in [5, 5.41) is 11.7. The Bertz CT molecular complexity index is 470. The summed E-state index contributed by atoms with van der Waals surface area (Å²) in [5.74, 6) is 0.904. The molecule has 1 N–H and O–H groups in total. The van der Waals surface area contributed by atoms with Crippen LogP contribution in [0.5, 0.6) is 0 Å². The number of hydrogen-bond acceptors (Lipinski definition) is 4. The van der Waals surface area contributed by atoms with E-state index in [1.54, 1.807) is 6.20 Å². The lowest BCUT2D eigenvalue weighted by molar-refractivity contribution is 0.519. The van der Waals surface area contributed by atoms with Crippen molar-refractivity contribution in [3.8, 4) is 0 Å². The number of aromatic nitrogens is 5. The molecule has 0 saturated heterocycles. The summed E-state index contributed by atoms with van der Waals surface area (Å²) in [6.45, 7) is 3.63. The molecule has 2 heterocycles. The van der Waals surface area contributed by atoms with Gasteiger partial charge in [0.15, 0.2) is 0 Å². The Morgan fingerprint density at radius 1 is 1.33 bits per heavy atom. The number of rotatable bonds is 7. The van der Waals surface area contributed by atoms with E-state index < -0.39 is 0 Å². The summed E-state index contributed by atoms with van der Waals surface area (Å²) < 4.78 is 3.92. The SMILES string of the molecule is c1cn(CCn2cc(CNCC3CC3)nn2)cn1. The van der Waals surface area contributed by atoms with Gasteiger partial charge in [0.2, 0.25) is 0 Å². The van der Waals surface area contributed by atoms with Gasteiger partial charge in [0, 0.05) is 31.7 Å². The molecule has 0 radical (unpaired) electrons. The summed E-state index contributed by atoms with van der Waals surface area (Å²) in [6, 6.07) is 0. The van der Waals surface area contributed by atoms with Crippen molar-refractivity contribution in [3.05, 3.63) is 30.6 Å². The third-order valence-corrected chi connectivity index (χ3v) is 3.17. The fourth-order valence-electron chi connectivity index (χ4n) is 1.89. The van der Waals surface area contributed by atoms with Gasteiger partial charge in [-0.25, -0.2) is 4.98 Å². The zero-order valence-corrected chi connectivity index (χ0v) is 10.4. The molecule has 1 aliphatic rings. The third kappa shape index (κ3) is 3.16. The molecule has 0 unspecified atom stereocenters. The second kappa shape index (κ2) is 5.30. The van der Waals surface area contributed by atoms with Gasteiger partial charge in [-0.15, -0.1) is 5.10 Å². The fourth-order valence-corrected chi connectivity index (χ4v) is 1.89. The summed E-state index contributed by atoms with van der Waals surface area (Å²) in [7, 11) is 0. The lowest BCUT2D eigenvalue weighted by Crippen LogP contribution is -2.16. The molecule has 0 amide bonds. The van der Waals surface area contributed by atoms with Gasteiger partial charge in [0.1, 0.15) is 0 Å². The minimum atomic E-state index is 0.821. The highest BCUT2D eigenvalue weighted by Crippen LogP contribution is 2.27. The molecule has 6 heteroatoms. The first kappa shape index (κ1) is 11.4. The number of hydrogen-bond donors (Lipinski definition) is 1. The van der Waals surface area contributed by atoms with Crippen LogP contribution in [0.2, 0.25) is 0 Å². The van der Waals surface area contributed by atoms with Crippen molar-refractivity contribution in [2.45, 2.75) is 32.5 Å². The normalized spacial score (nSPS) is 15.1. The van der Waals surface area contributed by atoms with E-state index in [2.05, 4.69) is 20.6 Å². The Kier molecular flexibility index (Phi) is 3.36. The lowest BCUT2D eigenvalue weighted by atomic mass is 10.4. The number of nitrogens with one attached hydrogen (secondary N) is 1. The smallest absolute Gasteiger partial charge is 0.0964 e. The van der Waals surface area contributed by atoms with Crippen molar-refractivity contribution in [1.82, 2.24) is 29.9 Å². The van der Waals surface area contributed by atoms with Crippen LogP contribution in [0.4, 0.5) is 0 Å². The molecular formula is C12H18N6. The molecule has 2 aromatic heterocycles. The predicted molar refractivity (Wildman–Crippen MR) is 66.7 cm³/mol. The highest BCUT2D eigenvalue weighted by molar-refractivity contribution is 4.92. The molecule has 2 aromatic rings. The van der Waals surface area contributed by atoms with Gasteiger partial charge in [-0.05, 0) is 25.3 Å². The molecule has 0 spiro atoms. The lowest BCUT2D eigenvalue weighted by Gasteiger charge is -2.01. The number of aryl methyl sites for hydroxylation is 2. The monoisotopic (exact) mass is 246 g/mol. The van der Waals surface area contributed by atoms with E-state index >= 15 is 0 Å². The van der Waals surface area contributed by atoms with E-state index in [-0.39, 0.29) is 0 Å². The van der Waals surface area contributed by atoms with Crippen molar-refractivity contribution in [1.29, 1.82) is 0 Å². The molecule has 0 bridgehead atoms.